The molecule has 0 atom stereocenters. The molecule has 0 heterocycles. The maximum Gasteiger partial charge on any atom is 0.249 e. The molecule has 3 nitrogen and oxygen atoms in total. The zero-order chi connectivity index (χ0) is 9.14. The van der Waals surface area contributed by atoms with Crippen molar-refractivity contribution in [2.24, 2.45) is 5.73 Å². The predicted octanol–water partition coefficient (Wildman–Crippen LogP) is 1.04. The Labute approximate surface area is 78.3 Å². The molecule has 0 aliphatic carbocycles. The molecule has 12 heavy (non-hydrogen) atoms. The molecule has 0 saturated heterocycles. The molecule has 1 rings (SSSR count). The lowest BCUT2D eigenvalue weighted by atomic mass is 10.1. The van der Waals surface area contributed by atoms with Gasteiger partial charge in [-0.1, -0.05) is 15.9 Å². The van der Waals surface area contributed by atoms with E-state index in [1.807, 2.05) is 0 Å². The number of amides is 1. The summed E-state index contributed by atoms with van der Waals surface area (Å²) in [5.74, 6) is -0.522. The number of aliphatic hydroxyl groups excluding tert-OH is 1. The molecule has 0 radical (unpaired) electrons. The molecule has 64 valence electrons. The third-order valence-electron chi connectivity index (χ3n) is 1.50. The first-order valence-corrected chi connectivity index (χ1v) is 4.13. The SMILES string of the molecule is NC(=O)c1ccc(Br)cc1CO. The third kappa shape index (κ3) is 1.84. The zero-order valence-electron chi connectivity index (χ0n) is 6.25. The summed E-state index contributed by atoms with van der Waals surface area (Å²) in [7, 11) is 0. The number of benzene rings is 1. The number of rotatable bonds is 2. The summed E-state index contributed by atoms with van der Waals surface area (Å²) in [4.78, 5) is 10.8. The number of primary amides is 1. The second-order valence-corrected chi connectivity index (χ2v) is 3.24. The van der Waals surface area contributed by atoms with Gasteiger partial charge in [0.25, 0.3) is 0 Å². The Bertz CT molecular complexity index is 312. The molecule has 1 aromatic rings. The number of carbonyl (C=O) groups is 1. The Hall–Kier alpha value is -0.870. The van der Waals surface area contributed by atoms with Gasteiger partial charge in [0.1, 0.15) is 0 Å². The van der Waals surface area contributed by atoms with E-state index in [0.29, 0.717) is 11.1 Å². The average molecular weight is 230 g/mol. The van der Waals surface area contributed by atoms with E-state index in [4.69, 9.17) is 10.8 Å². The molecular weight excluding hydrogens is 222 g/mol. The van der Waals surface area contributed by atoms with Gasteiger partial charge >= 0.3 is 0 Å². The predicted molar refractivity (Wildman–Crippen MR) is 48.6 cm³/mol. The molecule has 0 bridgehead atoms. The highest BCUT2D eigenvalue weighted by Gasteiger charge is 2.06. The van der Waals surface area contributed by atoms with E-state index in [0.717, 1.165) is 4.47 Å². The summed E-state index contributed by atoms with van der Waals surface area (Å²) in [5, 5.41) is 8.86. The van der Waals surface area contributed by atoms with Crippen molar-refractivity contribution in [1.82, 2.24) is 0 Å². The van der Waals surface area contributed by atoms with Crippen LogP contribution in [-0.2, 0) is 6.61 Å². The molecule has 0 spiro atoms. The van der Waals surface area contributed by atoms with Crippen LogP contribution in [0.4, 0.5) is 0 Å². The fourth-order valence-corrected chi connectivity index (χ4v) is 1.34. The topological polar surface area (TPSA) is 63.3 Å². The standard InChI is InChI=1S/C8H8BrNO2/c9-6-1-2-7(8(10)12)5(3-6)4-11/h1-3,11H,4H2,(H2,10,12). The van der Waals surface area contributed by atoms with E-state index in [1.165, 1.54) is 0 Å². The van der Waals surface area contributed by atoms with E-state index >= 15 is 0 Å². The minimum atomic E-state index is -0.522. The average Bonchev–Trinajstić information content (AvgIpc) is 2.03. The normalized spacial score (nSPS) is 9.83. The molecule has 1 amide bonds. The van der Waals surface area contributed by atoms with Crippen molar-refractivity contribution < 1.29 is 9.90 Å². The molecule has 1 aromatic carbocycles. The second kappa shape index (κ2) is 3.69. The molecule has 0 fully saturated rings. The molecule has 0 aliphatic rings. The molecule has 0 saturated carbocycles. The number of aliphatic hydroxyl groups is 1. The Kier molecular flexibility index (Phi) is 2.83. The van der Waals surface area contributed by atoms with Crippen LogP contribution in [0, 0.1) is 0 Å². The Morgan fingerprint density at radius 2 is 2.25 bits per heavy atom. The number of carbonyl (C=O) groups excluding carboxylic acids is 1. The monoisotopic (exact) mass is 229 g/mol. The van der Waals surface area contributed by atoms with Crippen LogP contribution in [0.25, 0.3) is 0 Å². The molecule has 0 unspecified atom stereocenters. The van der Waals surface area contributed by atoms with Crippen LogP contribution in [0.2, 0.25) is 0 Å². The maximum atomic E-state index is 10.8. The van der Waals surface area contributed by atoms with Gasteiger partial charge in [-0.2, -0.15) is 0 Å². The number of halogens is 1. The Morgan fingerprint density at radius 3 is 2.75 bits per heavy atom. The number of nitrogens with two attached hydrogens (primary N) is 1. The van der Waals surface area contributed by atoms with Crippen molar-refractivity contribution in [3.8, 4) is 0 Å². The zero-order valence-corrected chi connectivity index (χ0v) is 7.84. The molecule has 3 N–H and O–H groups in total. The largest absolute Gasteiger partial charge is 0.392 e. The van der Waals surface area contributed by atoms with Gasteiger partial charge in [0.05, 0.1) is 6.61 Å². The first kappa shape index (κ1) is 9.22. The van der Waals surface area contributed by atoms with Crippen molar-refractivity contribution in [3.63, 3.8) is 0 Å². The summed E-state index contributed by atoms with van der Waals surface area (Å²) in [6.45, 7) is -0.183. The fraction of sp³-hybridized carbons (Fsp3) is 0.125. The number of hydrogen-bond donors (Lipinski definition) is 2. The maximum absolute atomic E-state index is 10.8. The molecular formula is C8H8BrNO2. The van der Waals surface area contributed by atoms with Crippen molar-refractivity contribution >= 4 is 21.8 Å². The highest BCUT2D eigenvalue weighted by Crippen LogP contribution is 2.16. The van der Waals surface area contributed by atoms with Crippen molar-refractivity contribution in [2.45, 2.75) is 6.61 Å². The highest BCUT2D eigenvalue weighted by atomic mass is 79.9. The molecule has 0 aromatic heterocycles. The van der Waals surface area contributed by atoms with Crippen molar-refractivity contribution in [1.29, 1.82) is 0 Å². The van der Waals surface area contributed by atoms with Gasteiger partial charge < -0.3 is 10.8 Å². The van der Waals surface area contributed by atoms with Crippen LogP contribution in [0.15, 0.2) is 22.7 Å². The summed E-state index contributed by atoms with van der Waals surface area (Å²) in [5.41, 5.74) is 5.98. The summed E-state index contributed by atoms with van der Waals surface area (Å²) < 4.78 is 0.816. The molecule has 0 aliphatic heterocycles. The van der Waals surface area contributed by atoms with E-state index in [9.17, 15) is 4.79 Å². The van der Waals surface area contributed by atoms with Crippen LogP contribution >= 0.6 is 15.9 Å². The van der Waals surface area contributed by atoms with Gasteiger partial charge in [-0.25, -0.2) is 0 Å². The van der Waals surface area contributed by atoms with E-state index in [2.05, 4.69) is 15.9 Å². The minimum absolute atomic E-state index is 0.183. The smallest absolute Gasteiger partial charge is 0.249 e. The van der Waals surface area contributed by atoms with E-state index in [1.54, 1.807) is 18.2 Å². The first-order chi connectivity index (χ1) is 5.65. The van der Waals surface area contributed by atoms with Crippen LogP contribution < -0.4 is 5.73 Å². The lowest BCUT2D eigenvalue weighted by Gasteiger charge is -2.02. The van der Waals surface area contributed by atoms with Gasteiger partial charge in [0, 0.05) is 10.0 Å². The Morgan fingerprint density at radius 1 is 1.58 bits per heavy atom. The summed E-state index contributed by atoms with van der Waals surface area (Å²) in [6, 6.07) is 4.96. The summed E-state index contributed by atoms with van der Waals surface area (Å²) >= 11 is 3.22. The second-order valence-electron chi connectivity index (χ2n) is 2.32. The van der Waals surface area contributed by atoms with Gasteiger partial charge in [-0.05, 0) is 23.8 Å². The minimum Gasteiger partial charge on any atom is -0.392 e. The van der Waals surface area contributed by atoms with Gasteiger partial charge in [0.15, 0.2) is 0 Å². The van der Waals surface area contributed by atoms with Crippen LogP contribution in [0.1, 0.15) is 15.9 Å². The number of hydrogen-bond acceptors (Lipinski definition) is 2. The highest BCUT2D eigenvalue weighted by molar-refractivity contribution is 9.10. The van der Waals surface area contributed by atoms with E-state index in [-0.39, 0.29) is 6.61 Å². The van der Waals surface area contributed by atoms with Crippen molar-refractivity contribution in [3.05, 3.63) is 33.8 Å². The lowest BCUT2D eigenvalue weighted by molar-refractivity contribution is 0.0997. The lowest BCUT2D eigenvalue weighted by Crippen LogP contribution is -2.13. The van der Waals surface area contributed by atoms with Crippen LogP contribution in [0.3, 0.4) is 0 Å². The van der Waals surface area contributed by atoms with Gasteiger partial charge in [-0.3, -0.25) is 4.79 Å². The van der Waals surface area contributed by atoms with Crippen LogP contribution in [0.5, 0.6) is 0 Å². The van der Waals surface area contributed by atoms with Crippen LogP contribution in [-0.4, -0.2) is 11.0 Å². The van der Waals surface area contributed by atoms with Gasteiger partial charge in [-0.15, -0.1) is 0 Å². The Balaban J connectivity index is 3.20. The van der Waals surface area contributed by atoms with Crippen molar-refractivity contribution in [2.75, 3.05) is 0 Å². The quantitative estimate of drug-likeness (QED) is 0.797. The fourth-order valence-electron chi connectivity index (χ4n) is 0.933. The van der Waals surface area contributed by atoms with E-state index < -0.39 is 5.91 Å². The third-order valence-corrected chi connectivity index (χ3v) is 2.00. The first-order valence-electron chi connectivity index (χ1n) is 3.34. The summed E-state index contributed by atoms with van der Waals surface area (Å²) in [6.07, 6.45) is 0. The van der Waals surface area contributed by atoms with Gasteiger partial charge in [0.2, 0.25) is 5.91 Å². The molecule has 4 heteroatoms.